The van der Waals surface area contributed by atoms with E-state index in [0.29, 0.717) is 5.41 Å². The first-order valence-corrected chi connectivity index (χ1v) is 5.80. The van der Waals surface area contributed by atoms with Crippen molar-refractivity contribution in [3.05, 3.63) is 12.2 Å². The molecule has 1 aliphatic rings. The normalized spacial score (nSPS) is 29.2. The summed E-state index contributed by atoms with van der Waals surface area (Å²) in [5, 5.41) is 0. The lowest BCUT2D eigenvalue weighted by Crippen LogP contribution is -2.26. The van der Waals surface area contributed by atoms with E-state index in [1.807, 2.05) is 0 Å². The highest BCUT2D eigenvalue weighted by Crippen LogP contribution is 2.41. The fourth-order valence-corrected chi connectivity index (χ4v) is 2.31. The van der Waals surface area contributed by atoms with Crippen molar-refractivity contribution in [3.8, 4) is 0 Å². The van der Waals surface area contributed by atoms with Crippen molar-refractivity contribution in [2.45, 2.75) is 53.4 Å². The minimum Gasteiger partial charge on any atom is -0.0854 e. The zero-order chi connectivity index (χ0) is 9.90. The van der Waals surface area contributed by atoms with E-state index in [2.05, 4.69) is 39.8 Å². The Labute approximate surface area is 83.4 Å². The predicted octanol–water partition coefficient (Wildman–Crippen LogP) is 4.42. The molecule has 0 bridgehead atoms. The number of rotatable bonds is 3. The summed E-state index contributed by atoms with van der Waals surface area (Å²) in [5.41, 5.74) is 0.552. The van der Waals surface area contributed by atoms with Crippen molar-refractivity contribution in [1.82, 2.24) is 0 Å². The van der Waals surface area contributed by atoms with Crippen molar-refractivity contribution in [2.24, 2.45) is 17.3 Å². The Kier molecular flexibility index (Phi) is 3.58. The van der Waals surface area contributed by atoms with Gasteiger partial charge in [0.15, 0.2) is 0 Å². The second-order valence-corrected chi connectivity index (χ2v) is 4.91. The molecule has 0 amide bonds. The third-order valence-corrected chi connectivity index (χ3v) is 4.12. The van der Waals surface area contributed by atoms with E-state index in [4.69, 9.17) is 0 Å². The van der Waals surface area contributed by atoms with Crippen molar-refractivity contribution in [3.63, 3.8) is 0 Å². The molecule has 2 unspecified atom stereocenters. The van der Waals surface area contributed by atoms with E-state index in [9.17, 15) is 0 Å². The molecule has 13 heavy (non-hydrogen) atoms. The fraction of sp³-hybridized carbons (Fsp3) is 0.846. The van der Waals surface area contributed by atoms with Crippen LogP contribution in [0.1, 0.15) is 53.4 Å². The smallest absolute Gasteiger partial charge is 0.0179 e. The van der Waals surface area contributed by atoms with Gasteiger partial charge in [-0.3, -0.25) is 0 Å². The SMILES string of the molecule is CCC(C)(CC)C1C=CC(C)CC1. The summed E-state index contributed by atoms with van der Waals surface area (Å²) in [4.78, 5) is 0. The first-order chi connectivity index (χ1) is 6.12. The zero-order valence-electron chi connectivity index (χ0n) is 9.64. The van der Waals surface area contributed by atoms with Crippen molar-refractivity contribution in [1.29, 1.82) is 0 Å². The quantitative estimate of drug-likeness (QED) is 0.564. The zero-order valence-corrected chi connectivity index (χ0v) is 9.64. The molecule has 0 spiro atoms. The first-order valence-electron chi connectivity index (χ1n) is 5.80. The van der Waals surface area contributed by atoms with Crippen LogP contribution in [0.4, 0.5) is 0 Å². The van der Waals surface area contributed by atoms with Crippen LogP contribution >= 0.6 is 0 Å². The molecule has 0 saturated carbocycles. The average Bonchev–Trinajstić information content (AvgIpc) is 2.18. The summed E-state index contributed by atoms with van der Waals surface area (Å²) in [6.45, 7) is 9.42. The molecule has 0 aromatic heterocycles. The Balaban J connectivity index is 2.66. The van der Waals surface area contributed by atoms with Gasteiger partial charge in [-0.05, 0) is 30.1 Å². The van der Waals surface area contributed by atoms with Crippen LogP contribution in [-0.4, -0.2) is 0 Å². The standard InChI is InChI=1S/C13H24/c1-5-13(4,6-2)12-9-7-11(3)8-10-12/h7,9,11-12H,5-6,8,10H2,1-4H3. The molecule has 2 atom stereocenters. The van der Waals surface area contributed by atoms with Crippen molar-refractivity contribution >= 4 is 0 Å². The molecule has 1 rings (SSSR count). The highest BCUT2D eigenvalue weighted by Gasteiger charge is 2.30. The maximum atomic E-state index is 2.47. The third kappa shape index (κ3) is 2.36. The Morgan fingerprint density at radius 3 is 2.15 bits per heavy atom. The van der Waals surface area contributed by atoms with Crippen molar-refractivity contribution in [2.75, 3.05) is 0 Å². The Hall–Kier alpha value is -0.260. The molecular weight excluding hydrogens is 156 g/mol. The van der Waals surface area contributed by atoms with Gasteiger partial charge in [0.05, 0.1) is 0 Å². The van der Waals surface area contributed by atoms with Crippen LogP contribution in [0.25, 0.3) is 0 Å². The van der Waals surface area contributed by atoms with Gasteiger partial charge in [-0.15, -0.1) is 0 Å². The highest BCUT2D eigenvalue weighted by molar-refractivity contribution is 5.02. The number of hydrogen-bond acceptors (Lipinski definition) is 0. The van der Waals surface area contributed by atoms with Crippen LogP contribution in [0.2, 0.25) is 0 Å². The summed E-state index contributed by atoms with van der Waals surface area (Å²) in [6, 6.07) is 0. The van der Waals surface area contributed by atoms with Gasteiger partial charge < -0.3 is 0 Å². The third-order valence-electron chi connectivity index (χ3n) is 4.12. The molecule has 0 fully saturated rings. The van der Waals surface area contributed by atoms with Crippen molar-refractivity contribution < 1.29 is 0 Å². The molecule has 0 aromatic carbocycles. The van der Waals surface area contributed by atoms with Crippen LogP contribution in [0.5, 0.6) is 0 Å². The van der Waals surface area contributed by atoms with Gasteiger partial charge in [0.2, 0.25) is 0 Å². The van der Waals surface area contributed by atoms with Crippen LogP contribution in [0.3, 0.4) is 0 Å². The molecule has 0 saturated heterocycles. The molecule has 0 radical (unpaired) electrons. The topological polar surface area (TPSA) is 0 Å². The lowest BCUT2D eigenvalue weighted by atomic mass is 9.68. The number of allylic oxidation sites excluding steroid dienone is 2. The van der Waals surface area contributed by atoms with Gasteiger partial charge in [-0.2, -0.15) is 0 Å². The highest BCUT2D eigenvalue weighted by atomic mass is 14.3. The van der Waals surface area contributed by atoms with Gasteiger partial charge in [0, 0.05) is 0 Å². The molecule has 0 aliphatic heterocycles. The monoisotopic (exact) mass is 180 g/mol. The molecule has 76 valence electrons. The Morgan fingerprint density at radius 2 is 1.77 bits per heavy atom. The number of hydrogen-bond donors (Lipinski definition) is 0. The maximum Gasteiger partial charge on any atom is -0.0179 e. The van der Waals surface area contributed by atoms with Gasteiger partial charge in [-0.25, -0.2) is 0 Å². The molecule has 0 aromatic rings. The van der Waals surface area contributed by atoms with E-state index in [1.165, 1.54) is 25.7 Å². The molecule has 0 heteroatoms. The lowest BCUT2D eigenvalue weighted by Gasteiger charge is -2.37. The minimum absolute atomic E-state index is 0.552. The van der Waals surface area contributed by atoms with Gasteiger partial charge in [0.25, 0.3) is 0 Å². The predicted molar refractivity (Wildman–Crippen MR) is 59.7 cm³/mol. The summed E-state index contributed by atoms with van der Waals surface area (Å²) >= 11 is 0. The molecule has 0 heterocycles. The Morgan fingerprint density at radius 1 is 1.15 bits per heavy atom. The minimum atomic E-state index is 0.552. The Bertz CT molecular complexity index is 174. The van der Waals surface area contributed by atoms with E-state index >= 15 is 0 Å². The average molecular weight is 180 g/mol. The molecule has 1 aliphatic carbocycles. The molecule has 0 N–H and O–H groups in total. The second-order valence-electron chi connectivity index (χ2n) is 4.91. The van der Waals surface area contributed by atoms with Crippen LogP contribution in [0.15, 0.2) is 12.2 Å². The fourth-order valence-electron chi connectivity index (χ4n) is 2.31. The van der Waals surface area contributed by atoms with Crippen LogP contribution < -0.4 is 0 Å². The van der Waals surface area contributed by atoms with Gasteiger partial charge in [-0.1, -0.05) is 52.7 Å². The second kappa shape index (κ2) is 4.30. The van der Waals surface area contributed by atoms with Crippen LogP contribution in [-0.2, 0) is 0 Å². The van der Waals surface area contributed by atoms with E-state index in [0.717, 1.165) is 11.8 Å². The summed E-state index contributed by atoms with van der Waals surface area (Å²) < 4.78 is 0. The maximum absolute atomic E-state index is 2.47. The van der Waals surface area contributed by atoms with Crippen LogP contribution in [0, 0.1) is 17.3 Å². The summed E-state index contributed by atoms with van der Waals surface area (Å²) in [6.07, 6.45) is 10.3. The van der Waals surface area contributed by atoms with Gasteiger partial charge in [0.1, 0.15) is 0 Å². The molecular formula is C13H24. The van der Waals surface area contributed by atoms with Gasteiger partial charge >= 0.3 is 0 Å². The van der Waals surface area contributed by atoms with E-state index < -0.39 is 0 Å². The molecule has 0 nitrogen and oxygen atoms in total. The van der Waals surface area contributed by atoms with E-state index in [-0.39, 0.29) is 0 Å². The largest absolute Gasteiger partial charge is 0.0854 e. The lowest BCUT2D eigenvalue weighted by molar-refractivity contribution is 0.185. The summed E-state index contributed by atoms with van der Waals surface area (Å²) in [7, 11) is 0. The van der Waals surface area contributed by atoms with E-state index in [1.54, 1.807) is 0 Å². The summed E-state index contributed by atoms with van der Waals surface area (Å²) in [5.74, 6) is 1.65. The first kappa shape index (κ1) is 10.8.